The van der Waals surface area contributed by atoms with Crippen LogP contribution in [0.25, 0.3) is 17.2 Å². The summed E-state index contributed by atoms with van der Waals surface area (Å²) in [5.74, 6) is 0.705. The Labute approximate surface area is 185 Å². The number of phenols is 1. The van der Waals surface area contributed by atoms with Crippen molar-refractivity contribution < 1.29 is 19.4 Å². The lowest BCUT2D eigenvalue weighted by atomic mass is 9.62. The smallest absolute Gasteiger partial charge is 0.330 e. The lowest BCUT2D eigenvalue weighted by molar-refractivity contribution is -0.137. The topological polar surface area (TPSA) is 55.8 Å². The molecule has 4 heteroatoms. The first-order valence-corrected chi connectivity index (χ1v) is 11.1. The van der Waals surface area contributed by atoms with E-state index in [1.54, 1.807) is 25.1 Å². The summed E-state index contributed by atoms with van der Waals surface area (Å²) in [7, 11) is 0. The molecule has 0 saturated carbocycles. The summed E-state index contributed by atoms with van der Waals surface area (Å²) >= 11 is 0. The van der Waals surface area contributed by atoms with Crippen LogP contribution in [-0.2, 0) is 20.4 Å². The van der Waals surface area contributed by atoms with Crippen LogP contribution in [0.1, 0.15) is 71.1 Å². The first-order valence-electron chi connectivity index (χ1n) is 11.1. The highest BCUT2D eigenvalue weighted by molar-refractivity contribution is 5.87. The average Bonchev–Trinajstić information content (AvgIpc) is 2.71. The molecule has 31 heavy (non-hydrogen) atoms. The molecule has 2 aromatic rings. The summed E-state index contributed by atoms with van der Waals surface area (Å²) in [6, 6.07) is 9.58. The molecule has 0 saturated heterocycles. The van der Waals surface area contributed by atoms with Gasteiger partial charge in [-0.05, 0) is 84.6 Å². The Bertz CT molecular complexity index is 999. The zero-order valence-electron chi connectivity index (χ0n) is 19.5. The van der Waals surface area contributed by atoms with Crippen molar-refractivity contribution in [1.29, 1.82) is 0 Å². The van der Waals surface area contributed by atoms with Gasteiger partial charge in [-0.1, -0.05) is 33.8 Å². The second kappa shape index (κ2) is 8.78. The van der Waals surface area contributed by atoms with Gasteiger partial charge in [0, 0.05) is 17.2 Å². The lowest BCUT2D eigenvalue weighted by Crippen LogP contribution is -2.34. The van der Waals surface area contributed by atoms with E-state index in [4.69, 9.17) is 9.47 Å². The minimum absolute atomic E-state index is 0.0176. The largest absolute Gasteiger partial charge is 0.507 e. The third-order valence-electron chi connectivity index (χ3n) is 6.21. The summed E-state index contributed by atoms with van der Waals surface area (Å²) in [6.07, 6.45) is 5.31. The van der Waals surface area contributed by atoms with E-state index in [1.807, 2.05) is 19.1 Å². The van der Waals surface area contributed by atoms with E-state index in [-0.39, 0.29) is 22.5 Å². The summed E-state index contributed by atoms with van der Waals surface area (Å²) < 4.78 is 11.1. The molecule has 0 spiro atoms. The molecule has 1 N–H and O–H groups in total. The predicted octanol–water partition coefficient (Wildman–Crippen LogP) is 6.38. The van der Waals surface area contributed by atoms with Crippen LogP contribution in [-0.4, -0.2) is 24.3 Å². The van der Waals surface area contributed by atoms with Crippen molar-refractivity contribution in [1.82, 2.24) is 0 Å². The summed E-state index contributed by atoms with van der Waals surface area (Å²) in [5.41, 5.74) is 5.04. The SMILES string of the molecule is CCOC(=O)/C=C/c1ccc(O)c(-c2cc(OCC)c3c(c2)C(C)(C)CCC3(C)C)c1. The molecule has 0 bridgehead atoms. The Morgan fingerprint density at radius 2 is 1.74 bits per heavy atom. The highest BCUT2D eigenvalue weighted by Gasteiger charge is 2.39. The molecule has 1 aliphatic rings. The van der Waals surface area contributed by atoms with E-state index in [2.05, 4.69) is 33.8 Å². The van der Waals surface area contributed by atoms with Crippen LogP contribution in [0.5, 0.6) is 11.5 Å². The number of benzene rings is 2. The maximum Gasteiger partial charge on any atom is 0.330 e. The first-order chi connectivity index (χ1) is 14.6. The van der Waals surface area contributed by atoms with Gasteiger partial charge in [0.15, 0.2) is 0 Å². The molecule has 0 aliphatic heterocycles. The molecule has 0 radical (unpaired) electrons. The Morgan fingerprint density at radius 3 is 2.42 bits per heavy atom. The van der Waals surface area contributed by atoms with E-state index < -0.39 is 0 Å². The van der Waals surface area contributed by atoms with Gasteiger partial charge in [0.2, 0.25) is 0 Å². The molecule has 0 heterocycles. The third kappa shape index (κ3) is 4.79. The van der Waals surface area contributed by atoms with Gasteiger partial charge in [-0.3, -0.25) is 0 Å². The van der Waals surface area contributed by atoms with Crippen LogP contribution >= 0.6 is 0 Å². The number of rotatable bonds is 6. The highest BCUT2D eigenvalue weighted by Crippen LogP contribution is 2.51. The van der Waals surface area contributed by atoms with E-state index in [0.29, 0.717) is 18.8 Å². The van der Waals surface area contributed by atoms with Crippen molar-refractivity contribution >= 4 is 12.0 Å². The molecule has 0 fully saturated rings. The van der Waals surface area contributed by atoms with Gasteiger partial charge in [-0.25, -0.2) is 4.79 Å². The van der Waals surface area contributed by atoms with Crippen LogP contribution < -0.4 is 4.74 Å². The molecular weight excluding hydrogens is 388 g/mol. The van der Waals surface area contributed by atoms with Crippen LogP contribution in [0, 0.1) is 0 Å². The maximum absolute atomic E-state index is 11.7. The number of fused-ring (bicyclic) bond motifs is 1. The standard InChI is InChI=1S/C27H34O4/c1-7-30-23-17-19(16-21-25(23)27(5,6)14-13-26(21,3)4)20-15-18(9-11-22(20)28)10-12-24(29)31-8-2/h9-12,15-17,28H,7-8,13-14H2,1-6H3/b12-10+. The molecule has 1 aliphatic carbocycles. The van der Waals surface area contributed by atoms with Crippen LogP contribution in [0.15, 0.2) is 36.4 Å². The zero-order chi connectivity index (χ0) is 22.8. The Kier molecular flexibility index (Phi) is 6.49. The molecule has 166 valence electrons. The van der Waals surface area contributed by atoms with Gasteiger partial charge in [-0.15, -0.1) is 0 Å². The van der Waals surface area contributed by atoms with Gasteiger partial charge in [-0.2, -0.15) is 0 Å². The molecule has 3 rings (SSSR count). The van der Waals surface area contributed by atoms with Crippen molar-refractivity contribution in [3.05, 3.63) is 53.1 Å². The molecule has 0 unspecified atom stereocenters. The second-order valence-electron chi connectivity index (χ2n) is 9.46. The Hall–Kier alpha value is -2.75. The van der Waals surface area contributed by atoms with Crippen molar-refractivity contribution in [2.75, 3.05) is 13.2 Å². The average molecular weight is 423 g/mol. The van der Waals surface area contributed by atoms with Crippen LogP contribution in [0.4, 0.5) is 0 Å². The number of hydrogen-bond acceptors (Lipinski definition) is 4. The molecule has 0 atom stereocenters. The fourth-order valence-electron chi connectivity index (χ4n) is 4.40. The van der Waals surface area contributed by atoms with Gasteiger partial charge in [0.05, 0.1) is 13.2 Å². The van der Waals surface area contributed by atoms with E-state index in [9.17, 15) is 9.90 Å². The van der Waals surface area contributed by atoms with Gasteiger partial charge in [0.1, 0.15) is 11.5 Å². The minimum Gasteiger partial charge on any atom is -0.507 e. The summed E-state index contributed by atoms with van der Waals surface area (Å²) in [6.45, 7) is 13.8. The summed E-state index contributed by atoms with van der Waals surface area (Å²) in [5, 5.41) is 10.7. The van der Waals surface area contributed by atoms with Gasteiger partial charge in [0.25, 0.3) is 0 Å². The Balaban J connectivity index is 2.15. The zero-order valence-corrected chi connectivity index (χ0v) is 19.5. The number of phenolic OH excluding ortho intramolecular Hbond substituents is 1. The van der Waals surface area contributed by atoms with Crippen LogP contribution in [0.3, 0.4) is 0 Å². The van der Waals surface area contributed by atoms with Crippen molar-refractivity contribution in [2.24, 2.45) is 0 Å². The Morgan fingerprint density at radius 1 is 1.03 bits per heavy atom. The monoisotopic (exact) mass is 422 g/mol. The molecule has 2 aromatic carbocycles. The molecule has 0 aromatic heterocycles. The lowest BCUT2D eigenvalue weighted by Gasteiger charge is -2.43. The van der Waals surface area contributed by atoms with E-state index in [0.717, 1.165) is 29.7 Å². The molecule has 0 amide bonds. The quantitative estimate of drug-likeness (QED) is 0.433. The fraction of sp³-hybridized carbons (Fsp3) is 0.444. The van der Waals surface area contributed by atoms with Crippen molar-refractivity contribution in [3.63, 3.8) is 0 Å². The van der Waals surface area contributed by atoms with Crippen molar-refractivity contribution in [2.45, 2.75) is 65.2 Å². The first kappa shape index (κ1) is 22.9. The highest BCUT2D eigenvalue weighted by atomic mass is 16.5. The number of hydrogen-bond donors (Lipinski definition) is 1. The third-order valence-corrected chi connectivity index (χ3v) is 6.21. The minimum atomic E-state index is -0.381. The normalized spacial score (nSPS) is 16.7. The number of carbonyl (C=O) groups excluding carboxylic acids is 1. The van der Waals surface area contributed by atoms with Gasteiger partial charge >= 0.3 is 5.97 Å². The molecular formula is C27H34O4. The number of esters is 1. The van der Waals surface area contributed by atoms with Gasteiger partial charge < -0.3 is 14.6 Å². The predicted molar refractivity (Wildman–Crippen MR) is 126 cm³/mol. The molecule has 4 nitrogen and oxygen atoms in total. The van der Waals surface area contributed by atoms with Crippen LogP contribution in [0.2, 0.25) is 0 Å². The van der Waals surface area contributed by atoms with Crippen molar-refractivity contribution in [3.8, 4) is 22.6 Å². The van der Waals surface area contributed by atoms with E-state index >= 15 is 0 Å². The number of aromatic hydroxyl groups is 1. The summed E-state index contributed by atoms with van der Waals surface area (Å²) in [4.78, 5) is 11.7. The van der Waals surface area contributed by atoms with E-state index in [1.165, 1.54) is 17.2 Å². The number of ether oxygens (including phenoxy) is 2. The number of carbonyl (C=O) groups is 1. The fourth-order valence-corrected chi connectivity index (χ4v) is 4.40. The second-order valence-corrected chi connectivity index (χ2v) is 9.46. The maximum atomic E-state index is 11.7.